The van der Waals surface area contributed by atoms with Gasteiger partial charge < -0.3 is 20.3 Å². The molecule has 2 aliphatic heterocycles. The first-order valence-corrected chi connectivity index (χ1v) is 12.4. The topological polar surface area (TPSA) is 79.4 Å². The van der Waals surface area contributed by atoms with Crippen LogP contribution in [0.4, 0.5) is 5.95 Å². The van der Waals surface area contributed by atoms with Gasteiger partial charge in [0.2, 0.25) is 5.95 Å². The number of hydrogen-bond acceptors (Lipinski definition) is 6. The van der Waals surface area contributed by atoms with Gasteiger partial charge in [-0.3, -0.25) is 4.79 Å². The third-order valence-corrected chi connectivity index (χ3v) is 6.84. The largest absolute Gasteiger partial charge is 0.494 e. The minimum absolute atomic E-state index is 0.0151. The summed E-state index contributed by atoms with van der Waals surface area (Å²) in [5.74, 6) is 2.33. The van der Waals surface area contributed by atoms with Gasteiger partial charge in [0.25, 0.3) is 5.91 Å². The first-order chi connectivity index (χ1) is 16.1. The Morgan fingerprint density at radius 1 is 1.18 bits per heavy atom. The fourth-order valence-corrected chi connectivity index (χ4v) is 4.76. The Bertz CT molecular complexity index is 910. The molecule has 33 heavy (non-hydrogen) atoms. The molecule has 0 bridgehead atoms. The molecular weight excluding hydrogens is 438 g/mol. The Balaban J connectivity index is 1.16. The maximum absolute atomic E-state index is 12.6. The molecule has 2 aliphatic rings. The van der Waals surface area contributed by atoms with E-state index >= 15 is 0 Å². The zero-order valence-electron chi connectivity index (χ0n) is 19.4. The molecule has 2 N–H and O–H groups in total. The van der Waals surface area contributed by atoms with Crippen molar-refractivity contribution in [1.82, 2.24) is 20.6 Å². The Morgan fingerprint density at radius 2 is 1.91 bits per heavy atom. The average Bonchev–Trinajstić information content (AvgIpc) is 2.83. The SMILES string of the molecule is Cc1cc(OCCCC2CCN(c3ncc(Cl)cn3)CC2)ccc1C(=O)NC1CCNCC1. The highest BCUT2D eigenvalue weighted by molar-refractivity contribution is 6.30. The zero-order valence-corrected chi connectivity index (χ0v) is 20.1. The first kappa shape index (κ1) is 23.8. The van der Waals surface area contributed by atoms with Crippen LogP contribution in [0.5, 0.6) is 5.75 Å². The number of nitrogens with zero attached hydrogens (tertiary/aromatic N) is 3. The van der Waals surface area contributed by atoms with Gasteiger partial charge in [0.1, 0.15) is 5.75 Å². The lowest BCUT2D eigenvalue weighted by Crippen LogP contribution is -2.42. The average molecular weight is 472 g/mol. The second kappa shape index (κ2) is 11.7. The quantitative estimate of drug-likeness (QED) is 0.566. The monoisotopic (exact) mass is 471 g/mol. The number of benzene rings is 1. The van der Waals surface area contributed by atoms with E-state index in [1.165, 1.54) is 0 Å². The number of aromatic nitrogens is 2. The molecule has 2 aromatic rings. The van der Waals surface area contributed by atoms with E-state index < -0.39 is 0 Å². The van der Waals surface area contributed by atoms with Crippen LogP contribution in [0, 0.1) is 12.8 Å². The summed E-state index contributed by atoms with van der Waals surface area (Å²) in [5, 5.41) is 7.05. The molecule has 178 valence electrons. The van der Waals surface area contributed by atoms with Crippen molar-refractivity contribution in [3.8, 4) is 5.75 Å². The van der Waals surface area contributed by atoms with Crippen LogP contribution in [0.3, 0.4) is 0 Å². The molecule has 0 aliphatic carbocycles. The molecule has 0 atom stereocenters. The Labute approximate surface area is 201 Å². The molecule has 1 aromatic carbocycles. The Kier molecular flexibility index (Phi) is 8.40. The van der Waals surface area contributed by atoms with Crippen LogP contribution in [0.25, 0.3) is 0 Å². The fraction of sp³-hybridized carbons (Fsp3) is 0.560. The van der Waals surface area contributed by atoms with E-state index in [0.717, 1.165) is 87.5 Å². The van der Waals surface area contributed by atoms with E-state index in [0.29, 0.717) is 17.5 Å². The highest BCUT2D eigenvalue weighted by Crippen LogP contribution is 2.25. The second-order valence-corrected chi connectivity index (χ2v) is 9.53. The van der Waals surface area contributed by atoms with Gasteiger partial charge in [0.15, 0.2) is 0 Å². The number of ether oxygens (including phenoxy) is 1. The maximum atomic E-state index is 12.6. The molecule has 7 nitrogen and oxygen atoms in total. The van der Waals surface area contributed by atoms with Crippen LogP contribution >= 0.6 is 11.6 Å². The predicted octanol–water partition coefficient (Wildman–Crippen LogP) is 4.00. The summed E-state index contributed by atoms with van der Waals surface area (Å²) in [6.45, 7) is 6.56. The van der Waals surface area contributed by atoms with E-state index in [-0.39, 0.29) is 11.9 Å². The standard InChI is InChI=1S/C25H34ClN5O2/c1-18-15-22(4-5-23(18)24(32)30-21-6-10-27-11-7-21)33-14-2-3-19-8-12-31(13-9-19)25-28-16-20(26)17-29-25/h4-5,15-17,19,21,27H,2-3,6-14H2,1H3,(H,30,32). The Morgan fingerprint density at radius 3 is 2.61 bits per heavy atom. The highest BCUT2D eigenvalue weighted by Gasteiger charge is 2.21. The van der Waals surface area contributed by atoms with E-state index in [1.54, 1.807) is 12.4 Å². The number of aryl methyl sites for hydroxylation is 1. The lowest BCUT2D eigenvalue weighted by molar-refractivity contribution is 0.0929. The van der Waals surface area contributed by atoms with Gasteiger partial charge in [0.05, 0.1) is 24.0 Å². The van der Waals surface area contributed by atoms with Crippen LogP contribution in [-0.2, 0) is 0 Å². The third kappa shape index (κ3) is 6.81. The first-order valence-electron chi connectivity index (χ1n) is 12.1. The van der Waals surface area contributed by atoms with Crippen molar-refractivity contribution in [3.63, 3.8) is 0 Å². The molecule has 2 fully saturated rings. The number of carbonyl (C=O) groups is 1. The molecular formula is C25H34ClN5O2. The zero-order chi connectivity index (χ0) is 23.0. The van der Waals surface area contributed by atoms with Crippen LogP contribution in [-0.4, -0.2) is 54.7 Å². The van der Waals surface area contributed by atoms with Crippen molar-refractivity contribution >= 4 is 23.5 Å². The van der Waals surface area contributed by atoms with Gasteiger partial charge in [-0.05, 0) is 88.2 Å². The summed E-state index contributed by atoms with van der Waals surface area (Å²) < 4.78 is 5.98. The molecule has 1 aromatic heterocycles. The number of rotatable bonds is 8. The number of anilines is 1. The number of amides is 1. The van der Waals surface area contributed by atoms with Crippen molar-refractivity contribution < 1.29 is 9.53 Å². The fourth-order valence-electron chi connectivity index (χ4n) is 4.66. The van der Waals surface area contributed by atoms with E-state index in [4.69, 9.17) is 16.3 Å². The van der Waals surface area contributed by atoms with Gasteiger partial charge >= 0.3 is 0 Å². The van der Waals surface area contributed by atoms with Gasteiger partial charge in [-0.1, -0.05) is 11.6 Å². The van der Waals surface area contributed by atoms with Gasteiger partial charge in [-0.2, -0.15) is 0 Å². The van der Waals surface area contributed by atoms with Gasteiger partial charge in [-0.15, -0.1) is 0 Å². The van der Waals surface area contributed by atoms with Crippen LogP contribution < -0.4 is 20.3 Å². The summed E-state index contributed by atoms with van der Waals surface area (Å²) in [6.07, 6.45) is 9.76. The molecule has 0 saturated carbocycles. The third-order valence-electron chi connectivity index (χ3n) is 6.65. The van der Waals surface area contributed by atoms with Crippen molar-refractivity contribution in [2.24, 2.45) is 5.92 Å². The van der Waals surface area contributed by atoms with E-state index in [2.05, 4.69) is 25.5 Å². The molecule has 0 radical (unpaired) electrons. The molecule has 4 rings (SSSR count). The Hall–Kier alpha value is -2.38. The lowest BCUT2D eigenvalue weighted by atomic mass is 9.92. The molecule has 3 heterocycles. The van der Waals surface area contributed by atoms with Gasteiger partial charge in [0, 0.05) is 24.7 Å². The number of piperidine rings is 2. The number of carbonyl (C=O) groups excluding carboxylic acids is 1. The molecule has 1 amide bonds. The molecule has 0 spiro atoms. The van der Waals surface area contributed by atoms with E-state index in [9.17, 15) is 4.79 Å². The molecule has 0 unspecified atom stereocenters. The van der Waals surface area contributed by atoms with Crippen molar-refractivity contribution in [1.29, 1.82) is 0 Å². The van der Waals surface area contributed by atoms with Crippen LogP contribution in [0.1, 0.15) is 54.4 Å². The van der Waals surface area contributed by atoms with Crippen LogP contribution in [0.15, 0.2) is 30.6 Å². The minimum Gasteiger partial charge on any atom is -0.494 e. The molecule has 8 heteroatoms. The van der Waals surface area contributed by atoms with E-state index in [1.807, 2.05) is 25.1 Å². The van der Waals surface area contributed by atoms with Crippen molar-refractivity contribution in [2.75, 3.05) is 37.7 Å². The van der Waals surface area contributed by atoms with Gasteiger partial charge in [-0.25, -0.2) is 9.97 Å². The highest BCUT2D eigenvalue weighted by atomic mass is 35.5. The lowest BCUT2D eigenvalue weighted by Gasteiger charge is -2.32. The molecule has 2 saturated heterocycles. The summed E-state index contributed by atoms with van der Waals surface area (Å²) in [6, 6.07) is 6.03. The minimum atomic E-state index is 0.0151. The van der Waals surface area contributed by atoms with Crippen LogP contribution in [0.2, 0.25) is 5.02 Å². The summed E-state index contributed by atoms with van der Waals surface area (Å²) >= 11 is 5.88. The summed E-state index contributed by atoms with van der Waals surface area (Å²) in [4.78, 5) is 23.5. The predicted molar refractivity (Wildman–Crippen MR) is 131 cm³/mol. The second-order valence-electron chi connectivity index (χ2n) is 9.10. The normalized spacial score (nSPS) is 17.7. The number of hydrogen-bond donors (Lipinski definition) is 2. The van der Waals surface area contributed by atoms with Crippen molar-refractivity contribution in [2.45, 2.75) is 51.5 Å². The summed E-state index contributed by atoms with van der Waals surface area (Å²) in [7, 11) is 0. The number of halogens is 1. The number of nitrogens with one attached hydrogen (secondary N) is 2. The summed E-state index contributed by atoms with van der Waals surface area (Å²) in [5.41, 5.74) is 1.69. The smallest absolute Gasteiger partial charge is 0.251 e. The maximum Gasteiger partial charge on any atom is 0.251 e. The van der Waals surface area contributed by atoms with Crippen molar-refractivity contribution in [3.05, 3.63) is 46.7 Å².